The number of halogens is 1. The van der Waals surface area contributed by atoms with E-state index in [0.717, 1.165) is 0 Å². The van der Waals surface area contributed by atoms with Crippen molar-refractivity contribution < 1.29 is 19.1 Å². The van der Waals surface area contributed by atoms with Crippen LogP contribution in [0.25, 0.3) is 0 Å². The van der Waals surface area contributed by atoms with Crippen LogP contribution in [0, 0.1) is 0 Å². The number of hydrogen-bond acceptors (Lipinski definition) is 4. The van der Waals surface area contributed by atoms with Crippen LogP contribution in [-0.4, -0.2) is 30.8 Å². The fraction of sp³-hybridized carbons (Fsp3) is 0.778. The zero-order valence-corrected chi connectivity index (χ0v) is 10.2. The van der Waals surface area contributed by atoms with E-state index in [1.54, 1.807) is 27.7 Å². The molecule has 1 atom stereocenters. The van der Waals surface area contributed by atoms with E-state index in [2.05, 4.69) is 10.1 Å². The lowest BCUT2D eigenvalue weighted by atomic mass is 10.3. The normalized spacial score (nSPS) is 11.3. The first-order valence-electron chi connectivity index (χ1n) is 4.61. The third kappa shape index (κ3) is 8.05. The maximum Gasteiger partial charge on any atom is 0.407 e. The molecule has 1 N–H and O–H groups in total. The molecule has 15 heavy (non-hydrogen) atoms. The molecule has 5 nitrogen and oxygen atoms in total. The number of rotatable bonds is 4. The fourth-order valence-electron chi connectivity index (χ4n) is 0.743. The van der Waals surface area contributed by atoms with Crippen molar-refractivity contribution >= 4 is 24.5 Å². The Morgan fingerprint density at radius 3 is 2.20 bits per heavy atom. The van der Waals surface area contributed by atoms with Crippen molar-refractivity contribution in [3.8, 4) is 0 Å². The van der Waals surface area contributed by atoms with Gasteiger partial charge < -0.3 is 14.8 Å². The quantitative estimate of drug-likeness (QED) is 0.755. The van der Waals surface area contributed by atoms with E-state index in [1.807, 2.05) is 0 Å². The zero-order chi connectivity index (χ0) is 11.1. The van der Waals surface area contributed by atoms with Crippen LogP contribution >= 0.6 is 12.4 Å². The lowest BCUT2D eigenvalue weighted by Crippen LogP contribution is -2.40. The molecular formula is C9H18ClNO4. The van der Waals surface area contributed by atoms with Gasteiger partial charge in [-0.2, -0.15) is 0 Å². The number of hydrogen-bond donors (Lipinski definition) is 1. The minimum absolute atomic E-state index is 0. The molecule has 1 amide bonds. The van der Waals surface area contributed by atoms with Gasteiger partial charge in [-0.05, 0) is 27.7 Å². The average molecular weight is 240 g/mol. The van der Waals surface area contributed by atoms with Gasteiger partial charge in [-0.15, -0.1) is 12.4 Å². The summed E-state index contributed by atoms with van der Waals surface area (Å²) in [4.78, 5) is 22.1. The first-order valence-corrected chi connectivity index (χ1v) is 4.61. The summed E-state index contributed by atoms with van der Waals surface area (Å²) in [5.74, 6) is -0.465. The molecule has 6 heteroatoms. The molecule has 0 aliphatic heterocycles. The summed E-state index contributed by atoms with van der Waals surface area (Å²) in [5.41, 5.74) is 0. The van der Waals surface area contributed by atoms with E-state index in [0.29, 0.717) is 0 Å². The Morgan fingerprint density at radius 2 is 1.80 bits per heavy atom. The van der Waals surface area contributed by atoms with Gasteiger partial charge in [-0.25, -0.2) is 9.59 Å². The zero-order valence-electron chi connectivity index (χ0n) is 9.40. The monoisotopic (exact) mass is 239 g/mol. The molecule has 90 valence electrons. The van der Waals surface area contributed by atoms with Crippen LogP contribution in [0.15, 0.2) is 0 Å². The van der Waals surface area contributed by atoms with Crippen LogP contribution in [0.4, 0.5) is 4.79 Å². The summed E-state index contributed by atoms with van der Waals surface area (Å²) in [5, 5.41) is 2.35. The minimum atomic E-state index is -0.684. The lowest BCUT2D eigenvalue weighted by molar-refractivity contribution is -0.149. The van der Waals surface area contributed by atoms with E-state index >= 15 is 0 Å². The SMILES string of the molecule is CCOC(=O)N[C@H](C)C(=O)OC(C)C.Cl. The molecule has 0 bridgehead atoms. The number of nitrogens with one attached hydrogen (secondary N) is 1. The highest BCUT2D eigenvalue weighted by Gasteiger charge is 2.18. The molecule has 0 spiro atoms. The standard InChI is InChI=1S/C9H17NO4.ClH/c1-5-13-9(12)10-7(4)8(11)14-6(2)3;/h6-7H,5H2,1-4H3,(H,10,12);1H/t7-;/m1./s1. The lowest BCUT2D eigenvalue weighted by Gasteiger charge is -2.14. The third-order valence-corrected chi connectivity index (χ3v) is 1.32. The Labute approximate surface area is 95.9 Å². The first kappa shape index (κ1) is 16.5. The molecule has 0 aromatic rings. The maximum atomic E-state index is 11.2. The van der Waals surface area contributed by atoms with E-state index in [-0.39, 0.29) is 25.1 Å². The molecule has 0 aromatic heterocycles. The minimum Gasteiger partial charge on any atom is -0.461 e. The van der Waals surface area contributed by atoms with Crippen LogP contribution in [0.1, 0.15) is 27.7 Å². The van der Waals surface area contributed by atoms with Gasteiger partial charge in [-0.1, -0.05) is 0 Å². The summed E-state index contributed by atoms with van der Waals surface area (Å²) in [6.45, 7) is 7.00. The van der Waals surface area contributed by atoms with Crippen molar-refractivity contribution in [3.63, 3.8) is 0 Å². The van der Waals surface area contributed by atoms with Crippen LogP contribution in [-0.2, 0) is 14.3 Å². The van der Waals surface area contributed by atoms with Gasteiger partial charge in [0.15, 0.2) is 0 Å². The fourth-order valence-corrected chi connectivity index (χ4v) is 0.743. The number of amides is 1. The van der Waals surface area contributed by atoms with Gasteiger partial charge in [0.25, 0.3) is 0 Å². The van der Waals surface area contributed by atoms with Crippen LogP contribution in [0.3, 0.4) is 0 Å². The summed E-state index contributed by atoms with van der Waals surface area (Å²) in [6, 6.07) is -0.684. The highest BCUT2D eigenvalue weighted by atomic mass is 35.5. The molecule has 0 aliphatic rings. The highest BCUT2D eigenvalue weighted by molar-refractivity contribution is 5.85. The van der Waals surface area contributed by atoms with Gasteiger partial charge in [0.2, 0.25) is 0 Å². The summed E-state index contributed by atoms with van der Waals surface area (Å²) < 4.78 is 9.49. The summed E-state index contributed by atoms with van der Waals surface area (Å²) in [6.07, 6.45) is -0.797. The molecule has 0 fully saturated rings. The van der Waals surface area contributed by atoms with Gasteiger partial charge in [0.1, 0.15) is 6.04 Å². The molecular weight excluding hydrogens is 222 g/mol. The molecule has 0 unspecified atom stereocenters. The smallest absolute Gasteiger partial charge is 0.407 e. The molecule has 0 rings (SSSR count). The van der Waals surface area contributed by atoms with Crippen molar-refractivity contribution in [2.24, 2.45) is 0 Å². The van der Waals surface area contributed by atoms with Crippen LogP contribution in [0.2, 0.25) is 0 Å². The maximum absolute atomic E-state index is 11.2. The largest absolute Gasteiger partial charge is 0.461 e. The number of alkyl carbamates (subject to hydrolysis) is 1. The molecule has 0 radical (unpaired) electrons. The number of esters is 1. The van der Waals surface area contributed by atoms with Crippen LogP contribution < -0.4 is 5.32 Å². The molecule has 0 heterocycles. The topological polar surface area (TPSA) is 64.6 Å². The first-order chi connectivity index (χ1) is 6.47. The van der Waals surface area contributed by atoms with Crippen molar-refractivity contribution in [2.45, 2.75) is 39.8 Å². The highest BCUT2D eigenvalue weighted by Crippen LogP contribution is 1.94. The molecule has 0 aliphatic carbocycles. The molecule has 0 saturated heterocycles. The second-order valence-electron chi connectivity index (χ2n) is 3.07. The number of ether oxygens (including phenoxy) is 2. The Kier molecular flexibility index (Phi) is 9.16. The average Bonchev–Trinajstić information content (AvgIpc) is 2.02. The molecule has 0 saturated carbocycles. The second-order valence-corrected chi connectivity index (χ2v) is 3.07. The van der Waals surface area contributed by atoms with Gasteiger partial charge >= 0.3 is 12.1 Å². The van der Waals surface area contributed by atoms with E-state index < -0.39 is 18.1 Å². The molecule has 0 aromatic carbocycles. The van der Waals surface area contributed by atoms with Crippen molar-refractivity contribution in [1.82, 2.24) is 5.32 Å². The van der Waals surface area contributed by atoms with Crippen molar-refractivity contribution in [3.05, 3.63) is 0 Å². The van der Waals surface area contributed by atoms with E-state index in [9.17, 15) is 9.59 Å². The van der Waals surface area contributed by atoms with E-state index in [1.165, 1.54) is 0 Å². The van der Waals surface area contributed by atoms with Crippen molar-refractivity contribution in [2.75, 3.05) is 6.61 Å². The van der Waals surface area contributed by atoms with Gasteiger partial charge in [0.05, 0.1) is 12.7 Å². The van der Waals surface area contributed by atoms with Crippen LogP contribution in [0.5, 0.6) is 0 Å². The van der Waals surface area contributed by atoms with E-state index in [4.69, 9.17) is 4.74 Å². The summed E-state index contributed by atoms with van der Waals surface area (Å²) in [7, 11) is 0. The third-order valence-electron chi connectivity index (χ3n) is 1.32. The number of carbonyl (C=O) groups excluding carboxylic acids is 2. The predicted octanol–water partition coefficient (Wildman–Crippen LogP) is 1.49. The van der Waals surface area contributed by atoms with Gasteiger partial charge in [-0.3, -0.25) is 0 Å². The Morgan fingerprint density at radius 1 is 1.27 bits per heavy atom. The second kappa shape index (κ2) is 8.35. The van der Waals surface area contributed by atoms with Gasteiger partial charge in [0, 0.05) is 0 Å². The summed E-state index contributed by atoms with van der Waals surface area (Å²) >= 11 is 0. The Balaban J connectivity index is 0. The number of carbonyl (C=O) groups is 2. The Bertz CT molecular complexity index is 208. The van der Waals surface area contributed by atoms with Crippen molar-refractivity contribution in [1.29, 1.82) is 0 Å². The Hall–Kier alpha value is -0.970. The predicted molar refractivity (Wildman–Crippen MR) is 58.1 cm³/mol.